The van der Waals surface area contributed by atoms with Crippen LogP contribution in [0.25, 0.3) is 0 Å². The van der Waals surface area contributed by atoms with Gasteiger partial charge >= 0.3 is 0 Å². The molecule has 3 saturated heterocycles. The van der Waals surface area contributed by atoms with Gasteiger partial charge in [-0.3, -0.25) is 4.79 Å². The average Bonchev–Trinajstić information content (AvgIpc) is 3.88. The molecule has 11 unspecified atom stereocenters. The van der Waals surface area contributed by atoms with Crippen molar-refractivity contribution in [2.45, 2.75) is 191 Å². The van der Waals surface area contributed by atoms with Crippen LogP contribution in [-0.4, -0.2) is 156 Å². The molecule has 15 nitrogen and oxygen atoms in total. The Labute approximate surface area is 395 Å². The van der Waals surface area contributed by atoms with Gasteiger partial charge in [0.2, 0.25) is 0 Å². The van der Waals surface area contributed by atoms with Crippen molar-refractivity contribution >= 4 is 6.29 Å². The van der Waals surface area contributed by atoms with E-state index in [4.69, 9.17) is 23.7 Å². The molecule has 2 saturated carbocycles. The van der Waals surface area contributed by atoms with Gasteiger partial charge in [0.15, 0.2) is 12.6 Å². The van der Waals surface area contributed by atoms with Gasteiger partial charge in [-0.15, -0.1) is 5.73 Å². The monoisotopic (exact) mass is 941 g/mol. The van der Waals surface area contributed by atoms with Crippen LogP contribution in [0.4, 0.5) is 0 Å². The molecule has 0 radical (unpaired) electrons. The Morgan fingerprint density at radius 1 is 0.701 bits per heavy atom. The van der Waals surface area contributed by atoms with E-state index in [1.807, 2.05) is 96.2 Å². The normalized spacial score (nSPS) is 40.6. The predicted octanol–water partition coefficient (Wildman–Crippen LogP) is 3.77. The van der Waals surface area contributed by atoms with Crippen LogP contribution in [-0.2, 0) is 28.5 Å². The van der Waals surface area contributed by atoms with Crippen molar-refractivity contribution in [3.63, 3.8) is 0 Å². The van der Waals surface area contributed by atoms with E-state index in [1.54, 1.807) is 19.1 Å². The van der Waals surface area contributed by atoms with Crippen molar-refractivity contribution < 1.29 is 74.4 Å². The molecular weight excluding hydrogens is 865 g/mol. The Kier molecular flexibility index (Phi) is 18.2. The average molecular weight is 941 g/mol. The molecule has 15 heteroatoms. The van der Waals surface area contributed by atoms with Gasteiger partial charge in [-0.1, -0.05) is 99.6 Å². The Morgan fingerprint density at radius 3 is 1.96 bits per heavy atom. The summed E-state index contributed by atoms with van der Waals surface area (Å²) in [6.45, 7) is 16.6. The number of aliphatic hydroxyl groups excluding tert-OH is 8. The first-order valence-corrected chi connectivity index (χ1v) is 23.4. The number of fused-ring (bicyclic) bond motifs is 1. The maximum Gasteiger partial charge on any atom is 0.187 e. The fourth-order valence-corrected chi connectivity index (χ4v) is 10.6. The second-order valence-electron chi connectivity index (χ2n) is 20.8. The van der Waals surface area contributed by atoms with Crippen LogP contribution < -0.4 is 0 Å². The van der Waals surface area contributed by atoms with E-state index in [2.05, 4.69) is 19.6 Å². The summed E-state index contributed by atoms with van der Waals surface area (Å²) in [6.07, 6.45) is 8.60. The number of hydrogen-bond acceptors (Lipinski definition) is 15. The van der Waals surface area contributed by atoms with Crippen molar-refractivity contribution in [3.05, 3.63) is 100 Å². The van der Waals surface area contributed by atoms with E-state index in [-0.39, 0.29) is 10.8 Å². The zero-order chi connectivity index (χ0) is 49.7. The van der Waals surface area contributed by atoms with Crippen LogP contribution in [0.2, 0.25) is 0 Å². The maximum atomic E-state index is 11.8. The number of rotatable bonds is 17. The summed E-state index contributed by atoms with van der Waals surface area (Å²) in [7, 11) is 0. The van der Waals surface area contributed by atoms with Gasteiger partial charge in [0.1, 0.15) is 60.7 Å². The summed E-state index contributed by atoms with van der Waals surface area (Å²) >= 11 is 0. The quantitative estimate of drug-likeness (QED) is 0.0331. The molecule has 9 N–H and O–H groups in total. The first kappa shape index (κ1) is 54.7. The number of carbonyl (C=O) groups excluding carboxylic acids is 1. The van der Waals surface area contributed by atoms with Gasteiger partial charge in [0, 0.05) is 24.0 Å². The van der Waals surface area contributed by atoms with Crippen LogP contribution in [0.1, 0.15) is 101 Å². The summed E-state index contributed by atoms with van der Waals surface area (Å²) in [5.74, 6) is 0. The Balaban J connectivity index is 1.11. The van der Waals surface area contributed by atoms with Crippen molar-refractivity contribution in [2.75, 3.05) is 13.2 Å². The van der Waals surface area contributed by atoms with Gasteiger partial charge in [-0.25, -0.2) is 0 Å². The number of carbonyl (C=O) groups is 1. The van der Waals surface area contributed by atoms with Crippen LogP contribution in [0.5, 0.6) is 0 Å². The first-order chi connectivity index (χ1) is 31.3. The largest absolute Gasteiger partial charge is 0.394 e. The second kappa shape index (κ2) is 22.3. The molecule has 0 aromatic carbocycles. The predicted molar refractivity (Wildman–Crippen MR) is 250 cm³/mol. The maximum absolute atomic E-state index is 11.8. The molecule has 0 bridgehead atoms. The highest BCUT2D eigenvalue weighted by molar-refractivity contribution is 5.78. The van der Waals surface area contributed by atoms with Crippen LogP contribution in [0, 0.1) is 10.8 Å². The third kappa shape index (κ3) is 12.8. The SMILES string of the molecule is C\C(C=C=C1C(C)(C)C[C@H](O)C[C@@]1(C)O)=C/C=C/C(C)=C/C=C/C=C(C=O)\C=C\C=C(/C)CC[C@@]12O[C@]1(C)CC(OC1OC(CO)C(OC3OC(CO)C(O)C(O)C3O)C(O)C1O)CC2(C)C. The zero-order valence-corrected chi connectivity index (χ0v) is 40.5. The minimum absolute atomic E-state index is 0.295. The third-order valence-electron chi connectivity index (χ3n) is 14.1. The molecule has 5 fully saturated rings. The minimum Gasteiger partial charge on any atom is -0.394 e. The lowest BCUT2D eigenvalue weighted by molar-refractivity contribution is -0.363. The van der Waals surface area contributed by atoms with E-state index >= 15 is 0 Å². The molecule has 3 heterocycles. The molecule has 15 atom stereocenters. The number of epoxide rings is 1. The Hall–Kier alpha value is -3.19. The highest BCUT2D eigenvalue weighted by Gasteiger charge is 2.75. The number of aldehydes is 1. The fraction of sp³-hybridized carbons (Fsp3) is 0.654. The van der Waals surface area contributed by atoms with E-state index in [9.17, 15) is 50.8 Å². The van der Waals surface area contributed by atoms with Crippen molar-refractivity contribution in [1.29, 1.82) is 0 Å². The molecule has 0 aromatic heterocycles. The highest BCUT2D eigenvalue weighted by atomic mass is 16.7. The number of allylic oxidation sites excluding steroid dienone is 14. The molecule has 0 aromatic rings. The zero-order valence-electron chi connectivity index (χ0n) is 40.5. The van der Waals surface area contributed by atoms with Crippen molar-refractivity contribution in [1.82, 2.24) is 0 Å². The van der Waals surface area contributed by atoms with Gasteiger partial charge in [-0.2, -0.15) is 0 Å². The Morgan fingerprint density at radius 2 is 1.31 bits per heavy atom. The summed E-state index contributed by atoms with van der Waals surface area (Å²) in [6, 6.07) is 0. The fourth-order valence-electron chi connectivity index (χ4n) is 10.6. The molecule has 0 spiro atoms. The van der Waals surface area contributed by atoms with Gasteiger partial charge in [0.25, 0.3) is 0 Å². The van der Waals surface area contributed by atoms with Crippen LogP contribution in [0.3, 0.4) is 0 Å². The van der Waals surface area contributed by atoms with Gasteiger partial charge in [0.05, 0.1) is 36.6 Å². The first-order valence-electron chi connectivity index (χ1n) is 23.4. The molecule has 0 amide bonds. The molecule has 2 aliphatic carbocycles. The number of hydrogen-bond donors (Lipinski definition) is 9. The second-order valence-corrected chi connectivity index (χ2v) is 20.8. The molecule has 3 aliphatic heterocycles. The summed E-state index contributed by atoms with van der Waals surface area (Å²) in [5, 5.41) is 93.8. The van der Waals surface area contributed by atoms with Crippen LogP contribution >= 0.6 is 0 Å². The standard InChI is InChI=1S/C52H76O15/c1-31(15-12-16-32(2)20-21-39-48(4,5)24-35(56)25-50(39,8)62)14-10-11-18-34(28-53)19-13-17-33(3)22-23-52-49(6,7)26-36(27-51(52,9)67-52)63-46-44(61)42(59)45(38(30-55)65-46)66-47-43(60)41(58)40(57)37(29-54)64-47/h10-20,28,35-38,40-47,54-62H,22-27,29-30H2,1-9H3/b11-10+,15-12+,19-13+,31-14+,32-16+,33-17+,34-18+/t21?,35-,36?,37?,38?,40?,41?,42?,43?,44?,45?,46?,47?,50+,51+,52-/m0/s1. The van der Waals surface area contributed by atoms with Gasteiger partial charge < -0.3 is 69.6 Å². The highest BCUT2D eigenvalue weighted by Crippen LogP contribution is 2.68. The lowest BCUT2D eigenvalue weighted by Crippen LogP contribution is -2.65. The summed E-state index contributed by atoms with van der Waals surface area (Å²) in [4.78, 5) is 11.8. The molecular formula is C52H76O15. The Bertz CT molecular complexity index is 1990. The van der Waals surface area contributed by atoms with E-state index in [1.165, 1.54) is 0 Å². The topological polar surface area (TPSA) is 249 Å². The molecule has 374 valence electrons. The molecule has 5 aliphatic rings. The number of ether oxygens (including phenoxy) is 5. The van der Waals surface area contributed by atoms with Crippen molar-refractivity contribution in [3.8, 4) is 0 Å². The summed E-state index contributed by atoms with van der Waals surface area (Å²) < 4.78 is 29.8. The van der Waals surface area contributed by atoms with E-state index in [0.717, 1.165) is 41.4 Å². The van der Waals surface area contributed by atoms with Gasteiger partial charge in [-0.05, 0) is 82.8 Å². The minimum atomic E-state index is -1.76. The third-order valence-corrected chi connectivity index (χ3v) is 14.1. The molecule has 5 rings (SSSR count). The van der Waals surface area contributed by atoms with Crippen molar-refractivity contribution in [2.24, 2.45) is 10.8 Å². The van der Waals surface area contributed by atoms with Crippen LogP contribution in [0.15, 0.2) is 100 Å². The summed E-state index contributed by atoms with van der Waals surface area (Å²) in [5.41, 5.74) is 4.84. The van der Waals surface area contributed by atoms with E-state index in [0.29, 0.717) is 31.3 Å². The molecule has 67 heavy (non-hydrogen) atoms. The lowest BCUT2D eigenvalue weighted by Gasteiger charge is -2.47. The number of aliphatic hydroxyl groups is 9. The smallest absolute Gasteiger partial charge is 0.187 e. The lowest BCUT2D eigenvalue weighted by atomic mass is 9.61. The van der Waals surface area contributed by atoms with E-state index < -0.39 is 104 Å².